The normalized spacial score (nSPS) is 34.3. The molecular weight excluding hydrogens is 240 g/mol. The average Bonchev–Trinajstić information content (AvgIpc) is 2.40. The van der Waals surface area contributed by atoms with Gasteiger partial charge in [0.2, 0.25) is 0 Å². The van der Waals surface area contributed by atoms with Crippen molar-refractivity contribution in [2.75, 3.05) is 20.1 Å². The van der Waals surface area contributed by atoms with Crippen molar-refractivity contribution in [3.8, 4) is 0 Å². The highest BCUT2D eigenvalue weighted by atomic mass is 16.4. The first-order chi connectivity index (χ1) is 9.08. The van der Waals surface area contributed by atoms with E-state index in [0.717, 1.165) is 6.42 Å². The Balaban J connectivity index is 1.93. The van der Waals surface area contributed by atoms with Crippen molar-refractivity contribution in [3.63, 3.8) is 0 Å². The number of hydrogen-bond donors (Lipinski definition) is 1. The van der Waals surface area contributed by atoms with Crippen LogP contribution in [-0.4, -0.2) is 59.1 Å². The topological polar surface area (TPSA) is 43.8 Å². The second-order valence-corrected chi connectivity index (χ2v) is 6.33. The molecular formula is C15H28N2O2. The second-order valence-electron chi connectivity index (χ2n) is 6.33. The Labute approximate surface area is 116 Å². The molecule has 0 bridgehead atoms. The summed E-state index contributed by atoms with van der Waals surface area (Å²) >= 11 is 0. The first kappa shape index (κ1) is 14.8. The summed E-state index contributed by atoms with van der Waals surface area (Å²) in [6.07, 6.45) is 7.37. The predicted molar refractivity (Wildman–Crippen MR) is 76.3 cm³/mol. The van der Waals surface area contributed by atoms with Gasteiger partial charge in [-0.1, -0.05) is 6.42 Å². The van der Waals surface area contributed by atoms with Crippen LogP contribution in [0.2, 0.25) is 0 Å². The summed E-state index contributed by atoms with van der Waals surface area (Å²) < 4.78 is 0. The van der Waals surface area contributed by atoms with Crippen LogP contribution in [0, 0.1) is 0 Å². The molecule has 0 aromatic carbocycles. The minimum atomic E-state index is -0.651. The Morgan fingerprint density at radius 3 is 2.74 bits per heavy atom. The molecule has 2 heterocycles. The second kappa shape index (κ2) is 6.71. The summed E-state index contributed by atoms with van der Waals surface area (Å²) in [5, 5.41) is 8.89. The van der Waals surface area contributed by atoms with E-state index >= 15 is 0 Å². The highest BCUT2D eigenvalue weighted by Gasteiger charge is 2.32. The average molecular weight is 268 g/mol. The summed E-state index contributed by atoms with van der Waals surface area (Å²) in [6, 6.07) is 1.83. The standard InChI is InChI=1S/C15H28N2O2/c1-12-11-14(8-10-16(12)2)17-9-4-3-5-13(17)6-7-15(18)19/h12-14H,3-11H2,1-2H3,(H,18,19). The molecule has 0 amide bonds. The third kappa shape index (κ3) is 3.93. The molecule has 2 fully saturated rings. The lowest BCUT2D eigenvalue weighted by atomic mass is 9.90. The summed E-state index contributed by atoms with van der Waals surface area (Å²) in [4.78, 5) is 15.9. The molecule has 110 valence electrons. The Morgan fingerprint density at radius 2 is 2.05 bits per heavy atom. The van der Waals surface area contributed by atoms with Crippen molar-refractivity contribution in [2.45, 2.75) is 70.0 Å². The van der Waals surface area contributed by atoms with Crippen molar-refractivity contribution in [1.82, 2.24) is 9.80 Å². The van der Waals surface area contributed by atoms with Crippen molar-refractivity contribution < 1.29 is 9.90 Å². The van der Waals surface area contributed by atoms with Gasteiger partial charge in [-0.25, -0.2) is 0 Å². The number of carboxylic acid groups (broad SMARTS) is 1. The van der Waals surface area contributed by atoms with Crippen molar-refractivity contribution in [1.29, 1.82) is 0 Å². The van der Waals surface area contributed by atoms with Crippen LogP contribution in [0.5, 0.6) is 0 Å². The molecule has 0 aliphatic carbocycles. The zero-order valence-electron chi connectivity index (χ0n) is 12.3. The van der Waals surface area contributed by atoms with E-state index in [1.54, 1.807) is 0 Å². The molecule has 4 nitrogen and oxygen atoms in total. The number of carboxylic acids is 1. The van der Waals surface area contributed by atoms with Crippen molar-refractivity contribution in [3.05, 3.63) is 0 Å². The predicted octanol–water partition coefficient (Wildman–Crippen LogP) is 2.19. The molecule has 1 N–H and O–H groups in total. The fourth-order valence-corrected chi connectivity index (χ4v) is 3.67. The molecule has 3 unspecified atom stereocenters. The lowest BCUT2D eigenvalue weighted by Gasteiger charge is -2.46. The van der Waals surface area contributed by atoms with E-state index in [2.05, 4.69) is 23.8 Å². The molecule has 2 saturated heterocycles. The minimum absolute atomic E-state index is 0.323. The van der Waals surface area contributed by atoms with Gasteiger partial charge in [-0.3, -0.25) is 9.69 Å². The maximum Gasteiger partial charge on any atom is 0.303 e. The molecule has 0 aromatic rings. The van der Waals surface area contributed by atoms with Gasteiger partial charge >= 0.3 is 5.97 Å². The molecule has 0 saturated carbocycles. The molecule has 19 heavy (non-hydrogen) atoms. The van der Waals surface area contributed by atoms with E-state index < -0.39 is 5.97 Å². The summed E-state index contributed by atoms with van der Waals surface area (Å²) in [6.45, 7) is 4.65. The number of likely N-dealkylation sites (tertiary alicyclic amines) is 2. The number of rotatable bonds is 4. The quantitative estimate of drug-likeness (QED) is 0.849. The number of hydrogen-bond acceptors (Lipinski definition) is 3. The molecule has 2 rings (SSSR count). The SMILES string of the molecule is CC1CC(N2CCCCC2CCC(=O)O)CCN1C. The Morgan fingerprint density at radius 1 is 1.26 bits per heavy atom. The van der Waals surface area contributed by atoms with E-state index in [1.807, 2.05) is 0 Å². The van der Waals surface area contributed by atoms with Crippen LogP contribution in [0.15, 0.2) is 0 Å². The van der Waals surface area contributed by atoms with Crippen LogP contribution in [0.25, 0.3) is 0 Å². The van der Waals surface area contributed by atoms with E-state index in [1.165, 1.54) is 45.2 Å². The lowest BCUT2D eigenvalue weighted by molar-refractivity contribution is -0.137. The third-order valence-electron chi connectivity index (χ3n) is 5.01. The zero-order valence-corrected chi connectivity index (χ0v) is 12.3. The Hall–Kier alpha value is -0.610. The van der Waals surface area contributed by atoms with Crippen LogP contribution >= 0.6 is 0 Å². The van der Waals surface area contributed by atoms with Gasteiger partial charge in [0.15, 0.2) is 0 Å². The molecule has 0 radical (unpaired) electrons. The van der Waals surface area contributed by atoms with Gasteiger partial charge in [-0.15, -0.1) is 0 Å². The molecule has 0 spiro atoms. The molecule has 3 atom stereocenters. The van der Waals surface area contributed by atoms with Crippen LogP contribution in [-0.2, 0) is 4.79 Å². The minimum Gasteiger partial charge on any atom is -0.481 e. The number of carbonyl (C=O) groups is 1. The van der Waals surface area contributed by atoms with E-state index in [-0.39, 0.29) is 0 Å². The first-order valence-electron chi connectivity index (χ1n) is 7.75. The number of nitrogens with zero attached hydrogens (tertiary/aromatic N) is 2. The smallest absolute Gasteiger partial charge is 0.303 e. The van der Waals surface area contributed by atoms with E-state index in [0.29, 0.717) is 24.5 Å². The summed E-state index contributed by atoms with van der Waals surface area (Å²) in [7, 11) is 2.21. The Kier molecular flexibility index (Phi) is 5.22. The molecule has 2 aliphatic rings. The summed E-state index contributed by atoms with van der Waals surface area (Å²) in [5.41, 5.74) is 0. The maximum absolute atomic E-state index is 10.8. The number of aliphatic carboxylic acids is 1. The maximum atomic E-state index is 10.8. The first-order valence-corrected chi connectivity index (χ1v) is 7.75. The lowest BCUT2D eigenvalue weighted by Crippen LogP contribution is -2.52. The van der Waals surface area contributed by atoms with Gasteiger partial charge in [0.25, 0.3) is 0 Å². The monoisotopic (exact) mass is 268 g/mol. The summed E-state index contributed by atoms with van der Waals surface area (Å²) in [5.74, 6) is -0.651. The van der Waals surface area contributed by atoms with E-state index in [4.69, 9.17) is 5.11 Å². The number of piperidine rings is 2. The zero-order chi connectivity index (χ0) is 13.8. The fraction of sp³-hybridized carbons (Fsp3) is 0.933. The molecule has 0 aromatic heterocycles. The van der Waals surface area contributed by atoms with Gasteiger partial charge < -0.3 is 10.0 Å². The van der Waals surface area contributed by atoms with Crippen LogP contribution < -0.4 is 0 Å². The largest absolute Gasteiger partial charge is 0.481 e. The molecule has 4 heteroatoms. The van der Waals surface area contributed by atoms with Gasteiger partial charge in [0.1, 0.15) is 0 Å². The van der Waals surface area contributed by atoms with Gasteiger partial charge in [-0.2, -0.15) is 0 Å². The van der Waals surface area contributed by atoms with Gasteiger partial charge in [0, 0.05) is 24.5 Å². The van der Waals surface area contributed by atoms with Gasteiger partial charge in [-0.05, 0) is 59.2 Å². The highest BCUT2D eigenvalue weighted by molar-refractivity contribution is 5.66. The third-order valence-corrected chi connectivity index (χ3v) is 5.01. The van der Waals surface area contributed by atoms with Crippen LogP contribution in [0.1, 0.15) is 51.9 Å². The Bertz CT molecular complexity index is 309. The van der Waals surface area contributed by atoms with Crippen molar-refractivity contribution in [2.24, 2.45) is 0 Å². The fourth-order valence-electron chi connectivity index (χ4n) is 3.67. The highest BCUT2D eigenvalue weighted by Crippen LogP contribution is 2.29. The van der Waals surface area contributed by atoms with Gasteiger partial charge in [0.05, 0.1) is 0 Å². The van der Waals surface area contributed by atoms with E-state index in [9.17, 15) is 4.79 Å². The molecule has 2 aliphatic heterocycles. The van der Waals surface area contributed by atoms with Crippen molar-refractivity contribution >= 4 is 5.97 Å². The van der Waals surface area contributed by atoms with Crippen LogP contribution in [0.3, 0.4) is 0 Å². The van der Waals surface area contributed by atoms with Crippen LogP contribution in [0.4, 0.5) is 0 Å².